The largest absolute Gasteiger partial charge is 0.501 e. The summed E-state index contributed by atoms with van der Waals surface area (Å²) in [6.45, 7) is 3.60. The molecule has 1 saturated carbocycles. The van der Waals surface area contributed by atoms with Crippen molar-refractivity contribution in [2.45, 2.75) is 38.7 Å². The lowest BCUT2D eigenvalue weighted by Crippen LogP contribution is -2.33. The molecule has 3 heteroatoms. The van der Waals surface area contributed by atoms with Crippen LogP contribution in [0.5, 0.6) is 0 Å². The number of allylic oxidation sites excluding steroid dienone is 2. The van der Waals surface area contributed by atoms with Gasteiger partial charge in [0.1, 0.15) is 17.2 Å². The van der Waals surface area contributed by atoms with Gasteiger partial charge in [-0.1, -0.05) is 0 Å². The highest BCUT2D eigenvalue weighted by Gasteiger charge is 2.42. The first-order valence-corrected chi connectivity index (χ1v) is 5.73. The Bertz CT molecular complexity index is 366. The van der Waals surface area contributed by atoms with Gasteiger partial charge in [-0.3, -0.25) is 0 Å². The average molecular weight is 226 g/mol. The van der Waals surface area contributed by atoms with Crippen molar-refractivity contribution in [1.29, 1.82) is 0 Å². The molecule has 0 aromatic rings. The van der Waals surface area contributed by atoms with E-state index in [1.807, 2.05) is 6.92 Å². The molecule has 0 aliphatic heterocycles. The van der Waals surface area contributed by atoms with Crippen molar-refractivity contribution in [1.82, 2.24) is 0 Å². The summed E-state index contributed by atoms with van der Waals surface area (Å²) in [5.74, 6) is 1.26. The Morgan fingerprint density at radius 3 is 2.38 bits per heavy atom. The van der Waals surface area contributed by atoms with Gasteiger partial charge in [0.05, 0.1) is 7.11 Å². The van der Waals surface area contributed by atoms with E-state index in [-0.39, 0.29) is 5.83 Å². The standard InChI is InChI=1S/C13H19FO2/c1-8-11(9-5-6-9)10(15-3)7-13(2,16-4)12(8)14/h9H,5-7H2,1-4H3. The third kappa shape index (κ3) is 1.67. The van der Waals surface area contributed by atoms with Crippen LogP contribution < -0.4 is 0 Å². The second-order valence-corrected chi connectivity index (χ2v) is 4.87. The van der Waals surface area contributed by atoms with Gasteiger partial charge in [0.2, 0.25) is 0 Å². The minimum absolute atomic E-state index is 0.141. The molecule has 0 radical (unpaired) electrons. The van der Waals surface area contributed by atoms with E-state index in [9.17, 15) is 4.39 Å². The van der Waals surface area contributed by atoms with E-state index >= 15 is 0 Å². The smallest absolute Gasteiger partial charge is 0.135 e. The zero-order chi connectivity index (χ0) is 11.9. The van der Waals surface area contributed by atoms with Crippen molar-refractivity contribution in [2.24, 2.45) is 5.92 Å². The van der Waals surface area contributed by atoms with Crippen molar-refractivity contribution in [3.63, 3.8) is 0 Å². The van der Waals surface area contributed by atoms with Gasteiger partial charge < -0.3 is 9.47 Å². The number of ether oxygens (including phenoxy) is 2. The Morgan fingerprint density at radius 2 is 1.94 bits per heavy atom. The maximum atomic E-state index is 14.2. The molecule has 0 bridgehead atoms. The number of rotatable bonds is 3. The number of hydrogen-bond donors (Lipinski definition) is 0. The number of hydrogen-bond acceptors (Lipinski definition) is 2. The SMILES string of the molecule is COC1=C(C2CC2)C(C)=C(F)C(C)(OC)C1. The molecular formula is C13H19FO2. The maximum absolute atomic E-state index is 14.2. The van der Waals surface area contributed by atoms with Crippen LogP contribution in [-0.4, -0.2) is 19.8 Å². The van der Waals surface area contributed by atoms with Crippen molar-refractivity contribution in [3.05, 3.63) is 22.7 Å². The summed E-state index contributed by atoms with van der Waals surface area (Å²) in [7, 11) is 3.20. The molecule has 2 nitrogen and oxygen atoms in total. The summed E-state index contributed by atoms with van der Waals surface area (Å²) in [4.78, 5) is 0. The molecule has 2 aliphatic rings. The minimum atomic E-state index is -0.853. The lowest BCUT2D eigenvalue weighted by molar-refractivity contribution is 0.00531. The Labute approximate surface area is 96.1 Å². The van der Waals surface area contributed by atoms with Crippen molar-refractivity contribution in [2.75, 3.05) is 14.2 Å². The summed E-state index contributed by atoms with van der Waals surface area (Å²) >= 11 is 0. The molecule has 2 aliphatic carbocycles. The number of halogens is 1. The molecule has 0 aromatic carbocycles. The molecule has 0 aromatic heterocycles. The summed E-state index contributed by atoms with van der Waals surface area (Å²) in [6.07, 6.45) is 2.79. The first-order chi connectivity index (χ1) is 7.53. The van der Waals surface area contributed by atoms with Crippen molar-refractivity contribution in [3.8, 4) is 0 Å². The van der Waals surface area contributed by atoms with Crippen LogP contribution in [0.2, 0.25) is 0 Å². The molecule has 0 amide bonds. The molecule has 0 saturated heterocycles. The predicted octanol–water partition coefficient (Wildman–Crippen LogP) is 3.35. The summed E-state index contributed by atoms with van der Waals surface area (Å²) < 4.78 is 25.0. The first kappa shape index (κ1) is 11.6. The normalized spacial score (nSPS) is 31.1. The molecule has 16 heavy (non-hydrogen) atoms. The van der Waals surface area contributed by atoms with Gasteiger partial charge in [0.15, 0.2) is 0 Å². The molecule has 0 heterocycles. The molecule has 0 N–H and O–H groups in total. The predicted molar refractivity (Wildman–Crippen MR) is 60.6 cm³/mol. The molecule has 1 unspecified atom stereocenters. The zero-order valence-electron chi connectivity index (χ0n) is 10.4. The highest BCUT2D eigenvalue weighted by molar-refractivity contribution is 5.44. The van der Waals surface area contributed by atoms with Crippen LogP contribution in [0.1, 0.15) is 33.1 Å². The molecule has 2 rings (SSSR count). The van der Waals surface area contributed by atoms with Gasteiger partial charge in [-0.05, 0) is 43.8 Å². The number of methoxy groups -OCH3 is 2. The monoisotopic (exact) mass is 226 g/mol. The average Bonchev–Trinajstić information content (AvgIpc) is 3.09. The van der Waals surface area contributed by atoms with Crippen LogP contribution in [0, 0.1) is 5.92 Å². The van der Waals surface area contributed by atoms with Crippen molar-refractivity contribution < 1.29 is 13.9 Å². The van der Waals surface area contributed by atoms with E-state index in [0.29, 0.717) is 12.3 Å². The van der Waals surface area contributed by atoms with Crippen LogP contribution in [-0.2, 0) is 9.47 Å². The van der Waals surface area contributed by atoms with E-state index in [2.05, 4.69) is 0 Å². The Hall–Kier alpha value is -0.830. The van der Waals surface area contributed by atoms with Gasteiger partial charge in [-0.25, -0.2) is 4.39 Å². The quantitative estimate of drug-likeness (QED) is 0.734. The fourth-order valence-electron chi connectivity index (χ4n) is 2.45. The Balaban J connectivity index is 2.44. The van der Waals surface area contributed by atoms with Gasteiger partial charge in [-0.15, -0.1) is 0 Å². The van der Waals surface area contributed by atoms with Crippen molar-refractivity contribution >= 4 is 0 Å². The highest BCUT2D eigenvalue weighted by atomic mass is 19.1. The summed E-state index contributed by atoms with van der Waals surface area (Å²) in [6, 6.07) is 0. The second kappa shape index (κ2) is 3.88. The Kier molecular flexibility index (Phi) is 2.82. The van der Waals surface area contributed by atoms with E-state index in [4.69, 9.17) is 9.47 Å². The molecule has 0 spiro atoms. The fourth-order valence-corrected chi connectivity index (χ4v) is 2.45. The van der Waals surface area contributed by atoms with Gasteiger partial charge in [0.25, 0.3) is 0 Å². The van der Waals surface area contributed by atoms with Crippen LogP contribution in [0.3, 0.4) is 0 Å². The van der Waals surface area contributed by atoms with Crippen LogP contribution in [0.4, 0.5) is 4.39 Å². The Morgan fingerprint density at radius 1 is 1.31 bits per heavy atom. The fraction of sp³-hybridized carbons (Fsp3) is 0.692. The second-order valence-electron chi connectivity index (χ2n) is 4.87. The van der Waals surface area contributed by atoms with E-state index in [1.54, 1.807) is 21.1 Å². The van der Waals surface area contributed by atoms with Gasteiger partial charge in [0, 0.05) is 13.5 Å². The zero-order valence-corrected chi connectivity index (χ0v) is 10.4. The van der Waals surface area contributed by atoms with Crippen LogP contribution in [0.15, 0.2) is 22.7 Å². The molecule has 1 fully saturated rings. The third-order valence-electron chi connectivity index (χ3n) is 3.68. The van der Waals surface area contributed by atoms with Gasteiger partial charge in [-0.2, -0.15) is 0 Å². The third-order valence-corrected chi connectivity index (χ3v) is 3.68. The van der Waals surface area contributed by atoms with Crippen LogP contribution in [0.25, 0.3) is 0 Å². The lowest BCUT2D eigenvalue weighted by Gasteiger charge is -2.34. The topological polar surface area (TPSA) is 18.5 Å². The van der Waals surface area contributed by atoms with E-state index < -0.39 is 5.60 Å². The highest BCUT2D eigenvalue weighted by Crippen LogP contribution is 2.49. The summed E-state index contributed by atoms with van der Waals surface area (Å²) in [5.41, 5.74) is 0.942. The molecular weight excluding hydrogens is 207 g/mol. The van der Waals surface area contributed by atoms with E-state index in [1.165, 1.54) is 0 Å². The maximum Gasteiger partial charge on any atom is 0.135 e. The first-order valence-electron chi connectivity index (χ1n) is 5.73. The minimum Gasteiger partial charge on any atom is -0.501 e. The summed E-state index contributed by atoms with van der Waals surface area (Å²) in [5, 5.41) is 0. The molecule has 90 valence electrons. The lowest BCUT2D eigenvalue weighted by atomic mass is 9.84. The van der Waals surface area contributed by atoms with Gasteiger partial charge >= 0.3 is 0 Å². The van der Waals surface area contributed by atoms with Crippen LogP contribution >= 0.6 is 0 Å². The van der Waals surface area contributed by atoms with E-state index in [0.717, 1.165) is 29.7 Å². The molecule has 1 atom stereocenters.